The molecule has 0 saturated heterocycles. The Bertz CT molecular complexity index is 544. The highest BCUT2D eigenvalue weighted by Crippen LogP contribution is 2.28. The summed E-state index contributed by atoms with van der Waals surface area (Å²) in [7, 11) is 8.39. The van der Waals surface area contributed by atoms with Crippen LogP contribution < -0.4 is 5.30 Å². The van der Waals surface area contributed by atoms with Gasteiger partial charge in [-0.25, -0.2) is 0 Å². The van der Waals surface area contributed by atoms with Crippen LogP contribution in [0.5, 0.6) is 0 Å². The minimum atomic E-state index is 1.01. The predicted molar refractivity (Wildman–Crippen MR) is 92.8 cm³/mol. The molecule has 0 radical (unpaired) electrons. The summed E-state index contributed by atoms with van der Waals surface area (Å²) in [5, 5.41) is 1.23. The van der Waals surface area contributed by atoms with Crippen molar-refractivity contribution in [1.29, 1.82) is 0 Å². The highest BCUT2D eigenvalue weighted by atomic mass is 31.0. The monoisotopic (exact) mass is 292 g/mol. The topological polar surface area (TPSA) is 0 Å². The van der Waals surface area contributed by atoms with Crippen LogP contribution in [0.15, 0.2) is 36.4 Å². The third-order valence-corrected chi connectivity index (χ3v) is 4.47. The molecule has 0 bridgehead atoms. The summed E-state index contributed by atoms with van der Waals surface area (Å²) in [5.74, 6) is 0. The maximum atomic E-state index is 2.83. The van der Waals surface area contributed by atoms with Crippen molar-refractivity contribution < 1.29 is 0 Å². The fourth-order valence-corrected chi connectivity index (χ4v) is 3.35. The van der Waals surface area contributed by atoms with Crippen LogP contribution in [0, 0.1) is 6.92 Å². The quantitative estimate of drug-likeness (QED) is 0.752. The summed E-state index contributed by atoms with van der Waals surface area (Å²) in [4.78, 5) is 0. The van der Waals surface area contributed by atoms with Crippen LogP contribution in [0.25, 0.3) is 11.1 Å². The van der Waals surface area contributed by atoms with Crippen molar-refractivity contribution in [2.45, 2.75) is 19.2 Å². The molecule has 0 aliphatic rings. The molecule has 0 aliphatic heterocycles. The summed E-state index contributed by atoms with van der Waals surface area (Å²) in [5.41, 5.74) is 6.88. The van der Waals surface area contributed by atoms with Crippen molar-refractivity contribution in [3.63, 3.8) is 0 Å². The summed E-state index contributed by atoms with van der Waals surface area (Å²) in [6, 6.07) is 13.3. The van der Waals surface area contributed by atoms with Crippen LogP contribution in [0.1, 0.15) is 16.7 Å². The fraction of sp³-hybridized carbons (Fsp3) is 0.200. The molecule has 94 valence electrons. The first-order chi connectivity index (χ1) is 8.65. The first-order valence-corrected chi connectivity index (χ1v) is 8.25. The van der Waals surface area contributed by atoms with Crippen molar-refractivity contribution in [3.05, 3.63) is 53.1 Å². The molecule has 3 atom stereocenters. The number of hydrogen-bond donors (Lipinski definition) is 0. The average molecular weight is 292 g/mol. The van der Waals surface area contributed by atoms with E-state index in [1.54, 1.807) is 0 Å². The summed E-state index contributed by atoms with van der Waals surface area (Å²) in [6.45, 7) is 2.21. The van der Waals surface area contributed by atoms with Gasteiger partial charge in [0.1, 0.15) is 0 Å². The van der Waals surface area contributed by atoms with Gasteiger partial charge in [-0.05, 0) is 52.4 Å². The van der Waals surface area contributed by atoms with Crippen molar-refractivity contribution in [2.75, 3.05) is 0 Å². The molecule has 0 saturated carbocycles. The molecule has 0 aromatic heterocycles. The molecule has 0 heterocycles. The molecule has 2 aromatic carbocycles. The first kappa shape index (κ1) is 14.1. The van der Waals surface area contributed by atoms with Crippen LogP contribution in [0.2, 0.25) is 0 Å². The van der Waals surface area contributed by atoms with Gasteiger partial charge < -0.3 is 0 Å². The zero-order valence-electron chi connectivity index (χ0n) is 10.6. The van der Waals surface area contributed by atoms with Crippen molar-refractivity contribution in [1.82, 2.24) is 0 Å². The lowest BCUT2D eigenvalue weighted by molar-refractivity contribution is 1.23. The number of rotatable bonds is 3. The fourth-order valence-electron chi connectivity index (χ4n) is 2.21. The van der Waals surface area contributed by atoms with E-state index in [2.05, 4.69) is 71.0 Å². The summed E-state index contributed by atoms with van der Waals surface area (Å²) in [6.07, 6.45) is 2.04. The Kier molecular flexibility index (Phi) is 4.91. The number of benzene rings is 2. The van der Waals surface area contributed by atoms with Crippen LogP contribution in [-0.4, -0.2) is 0 Å². The van der Waals surface area contributed by atoms with Crippen molar-refractivity contribution in [2.24, 2.45) is 0 Å². The normalized spacial score (nSPS) is 10.7. The van der Waals surface area contributed by atoms with Crippen LogP contribution in [-0.2, 0) is 12.3 Å². The molecule has 0 spiro atoms. The lowest BCUT2D eigenvalue weighted by atomic mass is 9.96. The Hall–Kier alpha value is -0.270. The van der Waals surface area contributed by atoms with E-state index in [4.69, 9.17) is 0 Å². The highest BCUT2D eigenvalue weighted by Gasteiger charge is 2.06. The lowest BCUT2D eigenvalue weighted by Gasteiger charge is -2.13. The molecule has 3 unspecified atom stereocenters. The second-order valence-corrected chi connectivity index (χ2v) is 5.94. The van der Waals surface area contributed by atoms with E-state index in [9.17, 15) is 0 Å². The van der Waals surface area contributed by atoms with E-state index in [1.165, 1.54) is 33.1 Å². The SMILES string of the molecule is Cc1cc(-c2ccc(P)cc2)cc(CP)c1CP. The van der Waals surface area contributed by atoms with Crippen molar-refractivity contribution >= 4 is 33.0 Å². The second-order valence-electron chi connectivity index (χ2n) is 4.46. The van der Waals surface area contributed by atoms with Crippen LogP contribution >= 0.6 is 27.7 Å². The largest absolute Gasteiger partial charge is 0.133 e. The molecule has 0 aliphatic carbocycles. The second kappa shape index (κ2) is 6.25. The molecule has 0 nitrogen and oxygen atoms in total. The average Bonchev–Trinajstić information content (AvgIpc) is 2.38. The van der Waals surface area contributed by atoms with Gasteiger partial charge >= 0.3 is 0 Å². The number of aryl methyl sites for hydroxylation is 1. The lowest BCUT2D eigenvalue weighted by Crippen LogP contribution is -1.95. The summed E-state index contributed by atoms with van der Waals surface area (Å²) >= 11 is 0. The van der Waals surface area contributed by atoms with Gasteiger partial charge in [0.15, 0.2) is 0 Å². The maximum absolute atomic E-state index is 2.83. The van der Waals surface area contributed by atoms with Crippen LogP contribution in [0.3, 0.4) is 0 Å². The molecule has 3 heteroatoms. The zero-order valence-corrected chi connectivity index (χ0v) is 14.1. The molecule has 0 fully saturated rings. The van der Waals surface area contributed by atoms with Gasteiger partial charge in [0, 0.05) is 0 Å². The van der Waals surface area contributed by atoms with E-state index in [0.717, 1.165) is 12.3 Å². The van der Waals surface area contributed by atoms with Gasteiger partial charge in [-0.2, -0.15) is 0 Å². The van der Waals surface area contributed by atoms with E-state index in [-0.39, 0.29) is 0 Å². The van der Waals surface area contributed by atoms with E-state index in [1.807, 2.05) is 0 Å². The predicted octanol–water partition coefficient (Wildman–Crippen LogP) is 3.91. The Morgan fingerprint density at radius 3 is 2.11 bits per heavy atom. The molecule has 0 N–H and O–H groups in total. The molecular weight excluding hydrogens is 273 g/mol. The summed E-state index contributed by atoms with van der Waals surface area (Å²) < 4.78 is 0. The smallest absolute Gasteiger partial charge is 0.0123 e. The van der Waals surface area contributed by atoms with Crippen LogP contribution in [0.4, 0.5) is 0 Å². The van der Waals surface area contributed by atoms with E-state index < -0.39 is 0 Å². The van der Waals surface area contributed by atoms with Gasteiger partial charge in [-0.1, -0.05) is 36.4 Å². The van der Waals surface area contributed by atoms with Crippen molar-refractivity contribution in [3.8, 4) is 11.1 Å². The van der Waals surface area contributed by atoms with Gasteiger partial charge in [0.05, 0.1) is 0 Å². The first-order valence-electron chi connectivity index (χ1n) is 6.04. The molecular formula is C15H19P3. The zero-order chi connectivity index (χ0) is 13.1. The van der Waals surface area contributed by atoms with E-state index in [0.29, 0.717) is 0 Å². The third-order valence-electron chi connectivity index (χ3n) is 3.23. The molecule has 2 aromatic rings. The van der Waals surface area contributed by atoms with E-state index >= 15 is 0 Å². The molecule has 0 amide bonds. The van der Waals surface area contributed by atoms with Gasteiger partial charge in [-0.3, -0.25) is 0 Å². The maximum Gasteiger partial charge on any atom is -0.0123 e. The third kappa shape index (κ3) is 3.00. The standard InChI is InChI=1S/C15H19P3/c1-10-6-12(7-13(8-16)15(10)9-17)11-2-4-14(18)5-3-11/h2-7H,8-9,16-18H2,1H3. The molecule has 2 rings (SSSR count). The van der Waals surface area contributed by atoms with Gasteiger partial charge in [0.25, 0.3) is 0 Å². The minimum Gasteiger partial charge on any atom is -0.133 e. The minimum absolute atomic E-state index is 1.01. The van der Waals surface area contributed by atoms with Gasteiger partial charge in [0.2, 0.25) is 0 Å². The molecule has 18 heavy (non-hydrogen) atoms. The Balaban J connectivity index is 2.52. The Morgan fingerprint density at radius 2 is 1.56 bits per heavy atom. The highest BCUT2D eigenvalue weighted by molar-refractivity contribution is 7.27. The van der Waals surface area contributed by atoms with Gasteiger partial charge in [-0.15, -0.1) is 27.7 Å². The number of hydrogen-bond acceptors (Lipinski definition) is 0. The Morgan fingerprint density at radius 1 is 0.889 bits per heavy atom. The Labute approximate surface area is 117 Å².